The summed E-state index contributed by atoms with van der Waals surface area (Å²) in [6.45, 7) is -0.525. The molecule has 0 radical (unpaired) electrons. The van der Waals surface area contributed by atoms with Gasteiger partial charge < -0.3 is 30.3 Å². The lowest BCUT2D eigenvalue weighted by Crippen LogP contribution is -2.26. The quantitative estimate of drug-likeness (QED) is 0.119. The number of unbranched alkanes of at least 4 members (excludes halogenated alkanes) is 13. The van der Waals surface area contributed by atoms with Gasteiger partial charge in [0.05, 0.1) is 6.61 Å². The van der Waals surface area contributed by atoms with E-state index in [-0.39, 0.29) is 19.0 Å². The second kappa shape index (κ2) is 18.3. The fraction of sp³-hybridized carbons (Fsp3) is 0.952. The van der Waals surface area contributed by atoms with Gasteiger partial charge in [-0.05, 0) is 12.8 Å². The monoisotopic (exact) mass is 406 g/mol. The molecule has 7 nitrogen and oxygen atoms in total. The molecule has 0 rings (SSSR count). The molecule has 0 aliphatic heterocycles. The van der Waals surface area contributed by atoms with Crippen LogP contribution in [0, 0.1) is 0 Å². The third-order valence-electron chi connectivity index (χ3n) is 4.79. The Morgan fingerprint density at radius 3 is 1.50 bits per heavy atom. The maximum absolute atomic E-state index is 11.4. The normalized spacial score (nSPS) is 12.9. The van der Waals surface area contributed by atoms with Crippen LogP contribution < -0.4 is 0 Å². The zero-order chi connectivity index (χ0) is 21.1. The van der Waals surface area contributed by atoms with E-state index in [4.69, 9.17) is 30.3 Å². The summed E-state index contributed by atoms with van der Waals surface area (Å²) < 4.78 is 4.85. The summed E-state index contributed by atoms with van der Waals surface area (Å²) >= 11 is 0. The molecule has 5 N–H and O–H groups in total. The van der Waals surface area contributed by atoms with Crippen molar-refractivity contribution >= 4 is 5.97 Å². The lowest BCUT2D eigenvalue weighted by Gasteiger charge is -2.12. The summed E-state index contributed by atoms with van der Waals surface area (Å²) in [6.07, 6.45) is 14.8. The molecule has 0 spiro atoms. The van der Waals surface area contributed by atoms with Crippen LogP contribution >= 0.6 is 0 Å². The molecule has 0 aliphatic carbocycles. The molecule has 28 heavy (non-hydrogen) atoms. The van der Waals surface area contributed by atoms with Gasteiger partial charge in [0.15, 0.2) is 0 Å². The van der Waals surface area contributed by atoms with Gasteiger partial charge in [0.25, 0.3) is 5.97 Å². The number of ether oxygens (including phenoxy) is 1. The number of hydrogen-bond donors (Lipinski definition) is 5. The van der Waals surface area contributed by atoms with Crippen LogP contribution in [0.4, 0.5) is 0 Å². The first-order valence-corrected chi connectivity index (χ1v) is 11.0. The number of rotatable bonds is 20. The van der Waals surface area contributed by atoms with Gasteiger partial charge in [-0.15, -0.1) is 0 Å². The van der Waals surface area contributed by atoms with Crippen molar-refractivity contribution in [2.24, 2.45) is 0 Å². The van der Waals surface area contributed by atoms with E-state index in [1.54, 1.807) is 0 Å². The van der Waals surface area contributed by atoms with Gasteiger partial charge in [-0.3, -0.25) is 4.79 Å². The second-order valence-corrected chi connectivity index (χ2v) is 7.74. The Labute approximate surface area is 169 Å². The van der Waals surface area contributed by atoms with E-state index in [0.29, 0.717) is 12.8 Å². The minimum absolute atomic E-state index is 0.0197. The van der Waals surface area contributed by atoms with Crippen LogP contribution in [0.1, 0.15) is 103 Å². The zero-order valence-corrected chi connectivity index (χ0v) is 17.4. The maximum atomic E-state index is 11.4. The fourth-order valence-corrected chi connectivity index (χ4v) is 3.07. The number of carbonyl (C=O) groups is 1. The lowest BCUT2D eigenvalue weighted by molar-refractivity contribution is -0.315. The third kappa shape index (κ3) is 21.6. The van der Waals surface area contributed by atoms with Gasteiger partial charge >= 0.3 is 5.97 Å². The van der Waals surface area contributed by atoms with Crippen LogP contribution in [0.2, 0.25) is 0 Å². The van der Waals surface area contributed by atoms with E-state index in [9.17, 15) is 4.79 Å². The van der Waals surface area contributed by atoms with Gasteiger partial charge in [-0.25, -0.2) is 0 Å². The molecule has 1 unspecified atom stereocenters. The lowest BCUT2D eigenvalue weighted by atomic mass is 10.0. The van der Waals surface area contributed by atoms with Crippen molar-refractivity contribution in [1.82, 2.24) is 0 Å². The van der Waals surface area contributed by atoms with E-state index >= 15 is 0 Å². The molecule has 0 aromatic carbocycles. The molecule has 0 aromatic heterocycles. The average Bonchev–Trinajstić information content (AvgIpc) is 2.64. The second-order valence-electron chi connectivity index (χ2n) is 7.74. The van der Waals surface area contributed by atoms with E-state index in [2.05, 4.69) is 0 Å². The molecule has 0 aliphatic rings. The average molecular weight is 407 g/mol. The Kier molecular flexibility index (Phi) is 17.8. The van der Waals surface area contributed by atoms with E-state index < -0.39 is 18.7 Å². The summed E-state index contributed by atoms with van der Waals surface area (Å²) in [5.41, 5.74) is 0. The molecule has 0 bridgehead atoms. The standard InChI is InChI=1S/C21H42O7/c22-17-19(23)18-28-20(24)15-13-11-9-7-5-3-1-2-4-6-8-10-12-14-16-21(25,26)27/h19,22-23,25-27H,1-18H2. The Morgan fingerprint density at radius 1 is 0.714 bits per heavy atom. The highest BCUT2D eigenvalue weighted by Crippen LogP contribution is 2.15. The molecule has 0 amide bonds. The van der Waals surface area contributed by atoms with Crippen molar-refractivity contribution in [3.05, 3.63) is 0 Å². The van der Waals surface area contributed by atoms with Gasteiger partial charge in [-0.1, -0.05) is 77.0 Å². The molecule has 0 heterocycles. The first-order valence-electron chi connectivity index (χ1n) is 11.0. The topological polar surface area (TPSA) is 127 Å². The predicted octanol–water partition coefficient (Wildman–Crippen LogP) is 2.76. The summed E-state index contributed by atoms with van der Waals surface area (Å²) in [7, 11) is 0. The molecular weight excluding hydrogens is 364 g/mol. The molecule has 7 heteroatoms. The van der Waals surface area contributed by atoms with E-state index in [1.165, 1.54) is 44.9 Å². The number of aliphatic hydroxyl groups excluding tert-OH is 2. The van der Waals surface area contributed by atoms with Crippen LogP contribution in [0.15, 0.2) is 0 Å². The Balaban J connectivity index is 3.17. The minimum atomic E-state index is -2.50. The first-order chi connectivity index (χ1) is 13.3. The molecule has 1 atom stereocenters. The molecule has 0 saturated heterocycles. The highest BCUT2D eigenvalue weighted by Gasteiger charge is 2.16. The van der Waals surface area contributed by atoms with E-state index in [0.717, 1.165) is 38.5 Å². The predicted molar refractivity (Wildman–Crippen MR) is 107 cm³/mol. The highest BCUT2D eigenvalue weighted by molar-refractivity contribution is 5.69. The molecule has 0 fully saturated rings. The Morgan fingerprint density at radius 2 is 1.11 bits per heavy atom. The van der Waals surface area contributed by atoms with Gasteiger partial charge in [0.1, 0.15) is 12.7 Å². The van der Waals surface area contributed by atoms with Crippen molar-refractivity contribution in [3.8, 4) is 0 Å². The smallest absolute Gasteiger partial charge is 0.305 e. The molecule has 168 valence electrons. The number of carbonyl (C=O) groups excluding carboxylic acids is 1. The Hall–Kier alpha value is -0.730. The third-order valence-corrected chi connectivity index (χ3v) is 4.79. The van der Waals surface area contributed by atoms with Crippen LogP contribution in [0.25, 0.3) is 0 Å². The summed E-state index contributed by atoms with van der Waals surface area (Å²) in [6, 6.07) is 0. The minimum Gasteiger partial charge on any atom is -0.463 e. The van der Waals surface area contributed by atoms with Crippen LogP contribution in [-0.2, 0) is 9.53 Å². The summed E-state index contributed by atoms with van der Waals surface area (Å²) in [5, 5.41) is 44.0. The molecular formula is C21H42O7. The SMILES string of the molecule is O=C(CCCCCCCCCCCCCCCCC(O)(O)O)OCC(O)CO. The number of esters is 1. The number of hydrogen-bond acceptors (Lipinski definition) is 7. The van der Waals surface area contributed by atoms with Crippen molar-refractivity contribution < 1.29 is 35.1 Å². The van der Waals surface area contributed by atoms with Crippen molar-refractivity contribution in [1.29, 1.82) is 0 Å². The molecule has 0 aromatic rings. The van der Waals surface area contributed by atoms with Gasteiger partial charge in [0.2, 0.25) is 0 Å². The van der Waals surface area contributed by atoms with Crippen LogP contribution in [-0.4, -0.2) is 56.8 Å². The zero-order valence-electron chi connectivity index (χ0n) is 17.4. The largest absolute Gasteiger partial charge is 0.463 e. The van der Waals surface area contributed by atoms with Gasteiger partial charge in [-0.2, -0.15) is 0 Å². The molecule has 0 saturated carbocycles. The summed E-state index contributed by atoms with van der Waals surface area (Å²) in [4.78, 5) is 11.4. The van der Waals surface area contributed by atoms with Gasteiger partial charge in [0, 0.05) is 12.8 Å². The van der Waals surface area contributed by atoms with Crippen LogP contribution in [0.5, 0.6) is 0 Å². The van der Waals surface area contributed by atoms with Crippen molar-refractivity contribution in [2.45, 2.75) is 115 Å². The van der Waals surface area contributed by atoms with Crippen LogP contribution in [0.3, 0.4) is 0 Å². The Bertz CT molecular complexity index is 355. The number of aliphatic hydroxyl groups is 5. The fourth-order valence-electron chi connectivity index (χ4n) is 3.07. The maximum Gasteiger partial charge on any atom is 0.305 e. The van der Waals surface area contributed by atoms with Crippen molar-refractivity contribution in [3.63, 3.8) is 0 Å². The summed E-state index contributed by atoms with van der Waals surface area (Å²) in [5.74, 6) is -2.81. The highest BCUT2D eigenvalue weighted by atomic mass is 16.7. The first kappa shape index (κ1) is 27.3. The van der Waals surface area contributed by atoms with E-state index in [1.807, 2.05) is 0 Å². The van der Waals surface area contributed by atoms with Crippen molar-refractivity contribution in [2.75, 3.05) is 13.2 Å².